The molecular weight excluding hydrogens is 611 g/mol. The summed E-state index contributed by atoms with van der Waals surface area (Å²) in [4.78, 5) is 33.6. The maximum atomic E-state index is 13.4. The number of piperidine rings is 1. The molecule has 2 aromatic heterocycles. The summed E-state index contributed by atoms with van der Waals surface area (Å²) in [5.74, 6) is 0.862. The Morgan fingerprint density at radius 1 is 1.19 bits per heavy atom. The normalized spacial score (nSPS) is 25.4. The lowest BCUT2D eigenvalue weighted by molar-refractivity contribution is -0.189. The lowest BCUT2D eigenvalue weighted by atomic mass is 9.80. The van der Waals surface area contributed by atoms with Crippen molar-refractivity contribution in [3.63, 3.8) is 0 Å². The quantitative estimate of drug-likeness (QED) is 0.297. The van der Waals surface area contributed by atoms with E-state index in [4.69, 9.17) is 14.7 Å². The van der Waals surface area contributed by atoms with Crippen LogP contribution in [0, 0.1) is 23.2 Å². The maximum absolute atomic E-state index is 13.4. The fourth-order valence-electron chi connectivity index (χ4n) is 6.98. The number of nitrogens with zero attached hydrogens (tertiary/aromatic N) is 5. The molecule has 3 aliphatic heterocycles. The molecule has 0 radical (unpaired) electrons. The van der Waals surface area contributed by atoms with Gasteiger partial charge < -0.3 is 15.5 Å². The fourth-order valence-corrected chi connectivity index (χ4v) is 6.98. The summed E-state index contributed by atoms with van der Waals surface area (Å²) in [6.07, 6.45) is 4.59. The van der Waals surface area contributed by atoms with Crippen LogP contribution < -0.4 is 10.7 Å². The Hall–Kier alpha value is -3.22. The minimum Gasteiger partial charge on any atom is -0.376 e. The summed E-state index contributed by atoms with van der Waals surface area (Å²) < 4.78 is 49.5. The number of aromatic nitrogens is 4. The zero-order valence-corrected chi connectivity index (χ0v) is 28.5. The average molecular weight is 662 g/mol. The number of carbonyl (C=O) groups is 2. The fraction of sp³-hybridized carbons (Fsp3) is 0.735. The minimum absolute atomic E-state index is 0.0467. The number of alkyl halides is 3. The van der Waals surface area contributed by atoms with Crippen molar-refractivity contribution in [3.05, 3.63) is 29.8 Å². The lowest BCUT2D eigenvalue weighted by Gasteiger charge is -2.40. The second-order valence-corrected chi connectivity index (χ2v) is 14.8. The summed E-state index contributed by atoms with van der Waals surface area (Å²) in [6.45, 7) is 11.3. The number of ketones is 1. The highest BCUT2D eigenvalue weighted by Gasteiger charge is 2.62. The van der Waals surface area contributed by atoms with E-state index < -0.39 is 11.6 Å². The number of hydrogen-bond donors (Lipinski definition) is 2. The minimum atomic E-state index is -4.13. The van der Waals surface area contributed by atoms with Gasteiger partial charge in [0.1, 0.15) is 5.69 Å². The van der Waals surface area contributed by atoms with Gasteiger partial charge in [0.05, 0.1) is 28.9 Å². The Morgan fingerprint density at radius 2 is 1.94 bits per heavy atom. The highest BCUT2D eigenvalue weighted by molar-refractivity contribution is 5.96. The number of fused-ring (bicyclic) bond motifs is 1. The number of ether oxygens (including phenoxy) is 1. The zero-order chi connectivity index (χ0) is 34.1. The number of Topliss-reactive ketones (excluding diaryl/α,β-unsaturated/α-hetero) is 1. The van der Waals surface area contributed by atoms with Crippen LogP contribution in [0.5, 0.6) is 0 Å². The third-order valence-corrected chi connectivity index (χ3v) is 10.2. The van der Waals surface area contributed by atoms with E-state index >= 15 is 0 Å². The van der Waals surface area contributed by atoms with Crippen LogP contribution in [0.25, 0.3) is 0 Å². The van der Waals surface area contributed by atoms with Gasteiger partial charge >= 0.3 is 6.18 Å². The second kappa shape index (κ2) is 13.7. The zero-order valence-electron chi connectivity index (χ0n) is 28.5. The van der Waals surface area contributed by atoms with E-state index in [1.807, 2.05) is 31.6 Å². The topological polar surface area (TPSA) is 115 Å². The van der Waals surface area contributed by atoms with Gasteiger partial charge in [-0.15, -0.1) is 0 Å². The number of amides is 1. The van der Waals surface area contributed by atoms with Crippen LogP contribution in [0.2, 0.25) is 0 Å². The summed E-state index contributed by atoms with van der Waals surface area (Å²) in [5, 5.41) is 6.90. The molecule has 3 fully saturated rings. The van der Waals surface area contributed by atoms with Crippen LogP contribution in [-0.4, -0.2) is 67.8 Å². The predicted octanol–water partition coefficient (Wildman–Crippen LogP) is 6.49. The van der Waals surface area contributed by atoms with E-state index in [-0.39, 0.29) is 66.3 Å². The monoisotopic (exact) mass is 661 g/mol. The van der Waals surface area contributed by atoms with E-state index in [1.165, 1.54) is 0 Å². The number of nitrogens with one attached hydrogen (secondary N) is 2. The number of hydrogen-bond acceptors (Lipinski definition) is 7. The van der Waals surface area contributed by atoms with E-state index in [2.05, 4.69) is 29.7 Å². The van der Waals surface area contributed by atoms with Crippen molar-refractivity contribution in [2.75, 3.05) is 18.6 Å². The van der Waals surface area contributed by atoms with Crippen molar-refractivity contribution in [1.29, 1.82) is 0 Å². The van der Waals surface area contributed by atoms with E-state index in [0.717, 1.165) is 43.6 Å². The van der Waals surface area contributed by atoms with E-state index in [0.29, 0.717) is 31.1 Å². The molecule has 2 aromatic rings. The predicted molar refractivity (Wildman–Crippen MR) is 173 cm³/mol. The summed E-state index contributed by atoms with van der Waals surface area (Å²) in [6, 6.07) is 1.63. The Bertz CT molecular complexity index is 1460. The Kier molecular flexibility index (Phi) is 10.2. The third kappa shape index (κ3) is 8.09. The van der Waals surface area contributed by atoms with Gasteiger partial charge in [0.2, 0.25) is 11.9 Å². The molecule has 260 valence electrons. The Labute approximate surface area is 275 Å². The Morgan fingerprint density at radius 3 is 2.53 bits per heavy atom. The molecule has 13 heteroatoms. The largest absolute Gasteiger partial charge is 0.394 e. The second-order valence-electron chi connectivity index (χ2n) is 14.8. The number of aryl methyl sites for hydroxylation is 1. The first-order valence-corrected chi connectivity index (χ1v) is 17.0. The molecular formula is C34H50F3N7O3. The first-order valence-electron chi connectivity index (χ1n) is 17.0. The van der Waals surface area contributed by atoms with Gasteiger partial charge in [0, 0.05) is 55.8 Å². The van der Waals surface area contributed by atoms with Crippen molar-refractivity contribution in [2.45, 2.75) is 116 Å². The van der Waals surface area contributed by atoms with Gasteiger partial charge in [-0.05, 0) is 77.7 Å². The van der Waals surface area contributed by atoms with Gasteiger partial charge in [-0.2, -0.15) is 18.3 Å². The first-order chi connectivity index (χ1) is 22.1. The molecule has 2 N–H and O–H groups in total. The first kappa shape index (κ1) is 35.1. The van der Waals surface area contributed by atoms with Crippen LogP contribution in [-0.2, 0) is 16.6 Å². The van der Waals surface area contributed by atoms with Crippen molar-refractivity contribution >= 4 is 23.4 Å². The molecule has 4 aliphatic rings. The number of imidazole rings is 1. The van der Waals surface area contributed by atoms with E-state index in [9.17, 15) is 22.8 Å². The molecule has 1 saturated carbocycles. The van der Waals surface area contributed by atoms with Crippen LogP contribution in [0.3, 0.4) is 0 Å². The number of rotatable bonds is 9. The third-order valence-electron chi connectivity index (χ3n) is 10.2. The van der Waals surface area contributed by atoms with Gasteiger partial charge in [-0.25, -0.2) is 14.7 Å². The molecule has 0 spiro atoms. The molecule has 1 amide bonds. The van der Waals surface area contributed by atoms with Crippen molar-refractivity contribution < 1.29 is 27.5 Å². The van der Waals surface area contributed by atoms with Crippen LogP contribution in [0.4, 0.5) is 19.1 Å². The molecule has 5 heterocycles. The molecule has 10 nitrogen and oxygen atoms in total. The molecule has 2 saturated heterocycles. The maximum Gasteiger partial charge on any atom is 0.394 e. The van der Waals surface area contributed by atoms with Gasteiger partial charge in [0.15, 0.2) is 5.78 Å². The average Bonchev–Trinajstić information content (AvgIpc) is 3.52. The Balaban J connectivity index is 0.000000335. The molecule has 0 bridgehead atoms. The lowest BCUT2D eigenvalue weighted by Crippen LogP contribution is -2.48. The molecule has 1 aliphatic carbocycles. The summed E-state index contributed by atoms with van der Waals surface area (Å²) >= 11 is 0. The van der Waals surface area contributed by atoms with Gasteiger partial charge in [-0.1, -0.05) is 20.8 Å². The van der Waals surface area contributed by atoms with E-state index in [1.54, 1.807) is 24.0 Å². The molecule has 4 unspecified atom stereocenters. The molecule has 4 atom stereocenters. The molecule has 6 rings (SSSR count). The van der Waals surface area contributed by atoms with Gasteiger partial charge in [0.25, 0.3) is 0 Å². The smallest absolute Gasteiger partial charge is 0.376 e. The van der Waals surface area contributed by atoms with Crippen LogP contribution in [0.1, 0.15) is 115 Å². The summed E-state index contributed by atoms with van der Waals surface area (Å²) in [5.41, 5.74) is 4.25. The molecule has 47 heavy (non-hydrogen) atoms. The highest BCUT2D eigenvalue weighted by Crippen LogP contribution is 2.61. The summed E-state index contributed by atoms with van der Waals surface area (Å²) in [7, 11) is 1.77. The highest BCUT2D eigenvalue weighted by atomic mass is 19.4. The number of aliphatic imine (C=N–C) groups is 1. The van der Waals surface area contributed by atoms with Crippen LogP contribution in [0.15, 0.2) is 23.5 Å². The van der Waals surface area contributed by atoms with Gasteiger partial charge in [-0.3, -0.25) is 14.3 Å². The number of halogens is 3. The van der Waals surface area contributed by atoms with Crippen LogP contribution >= 0.6 is 0 Å². The SMILES string of the molecule is CC(C)C(=O)c1ccnn1C.CC(CCC1(C(F)(F)F)CC1)c1cn2c(n1)N=C(C1CCOC(C)(C)C1)C(CC1CCCNC1=O)N2. The molecule has 0 aromatic carbocycles. The van der Waals surface area contributed by atoms with Crippen molar-refractivity contribution in [1.82, 2.24) is 24.8 Å². The standard InChI is InChI=1S/C26H38F3N5O2.C8H12N2O/c1-16(6-8-25(9-10-25)26(27,28)29)20-15-34-23(31-20)32-21(18-7-12-36-24(2,3)14-18)19(33-34)13-17-5-4-11-30-22(17)35;1-6(2)8(11)7-4-5-9-10(7)3/h15-19,33H,4-14H2,1-3H3,(H,30,35);4-6H,1-3H3. The van der Waals surface area contributed by atoms with Crippen molar-refractivity contribution in [2.24, 2.45) is 35.2 Å². The van der Waals surface area contributed by atoms with Crippen molar-refractivity contribution in [3.8, 4) is 0 Å². The number of carbonyl (C=O) groups excluding carboxylic acids is 2.